The van der Waals surface area contributed by atoms with E-state index in [-0.39, 0.29) is 18.5 Å². The summed E-state index contributed by atoms with van der Waals surface area (Å²) in [6.07, 6.45) is 1.68. The van der Waals surface area contributed by atoms with Crippen molar-refractivity contribution in [1.82, 2.24) is 15.2 Å². The predicted octanol–water partition coefficient (Wildman–Crippen LogP) is 2.42. The number of benzene rings is 1. The van der Waals surface area contributed by atoms with Crippen molar-refractivity contribution in [2.75, 3.05) is 19.0 Å². The highest BCUT2D eigenvalue weighted by molar-refractivity contribution is 6.07. The highest BCUT2D eigenvalue weighted by Crippen LogP contribution is 2.30. The molecule has 0 aliphatic carbocycles. The Balaban J connectivity index is 1.86. The van der Waals surface area contributed by atoms with E-state index in [0.717, 1.165) is 22.5 Å². The van der Waals surface area contributed by atoms with Crippen LogP contribution >= 0.6 is 0 Å². The molecule has 2 aromatic rings. The quantitative estimate of drug-likeness (QED) is 0.870. The van der Waals surface area contributed by atoms with Gasteiger partial charge < -0.3 is 10.2 Å². The number of carbonyl (C=O) groups is 2. The molecule has 1 fully saturated rings. The van der Waals surface area contributed by atoms with Crippen LogP contribution < -0.4 is 10.2 Å². The molecule has 1 aliphatic rings. The van der Waals surface area contributed by atoms with Gasteiger partial charge in [0.15, 0.2) is 0 Å². The number of pyridine rings is 1. The fourth-order valence-corrected chi connectivity index (χ4v) is 2.91. The van der Waals surface area contributed by atoms with E-state index in [1.54, 1.807) is 13.1 Å². The standard InChI is InChI=1S/C19H22N4O2/c1-13-5-7-15(8-6-13)19(2)17(24)23(18(25)21-19)12-14-9-10-20-16(11-14)22(3)4/h5-11H,12H2,1-4H3,(H,21,25)/t19-/m0/s1. The molecule has 130 valence electrons. The van der Waals surface area contributed by atoms with Gasteiger partial charge in [-0.2, -0.15) is 0 Å². The molecule has 3 rings (SSSR count). The van der Waals surface area contributed by atoms with Crippen molar-refractivity contribution in [3.63, 3.8) is 0 Å². The van der Waals surface area contributed by atoms with Gasteiger partial charge in [0.1, 0.15) is 11.4 Å². The Labute approximate surface area is 147 Å². The maximum Gasteiger partial charge on any atom is 0.325 e. The second-order valence-electron chi connectivity index (χ2n) is 6.73. The lowest BCUT2D eigenvalue weighted by Gasteiger charge is -2.22. The molecule has 0 spiro atoms. The molecule has 1 N–H and O–H groups in total. The Bertz CT molecular complexity index is 816. The average molecular weight is 338 g/mol. The Morgan fingerprint density at radius 1 is 1.16 bits per heavy atom. The summed E-state index contributed by atoms with van der Waals surface area (Å²) >= 11 is 0. The Hall–Kier alpha value is -2.89. The van der Waals surface area contributed by atoms with Crippen LogP contribution in [0.3, 0.4) is 0 Å². The van der Waals surface area contributed by atoms with Crippen LogP contribution in [0.25, 0.3) is 0 Å². The number of rotatable bonds is 4. The van der Waals surface area contributed by atoms with Gasteiger partial charge in [0.25, 0.3) is 5.91 Å². The van der Waals surface area contributed by atoms with Crippen LogP contribution in [0.15, 0.2) is 42.6 Å². The molecule has 1 aromatic heterocycles. The van der Waals surface area contributed by atoms with Gasteiger partial charge >= 0.3 is 6.03 Å². The van der Waals surface area contributed by atoms with Crippen molar-refractivity contribution >= 4 is 17.8 Å². The minimum absolute atomic E-state index is 0.218. The third-order valence-electron chi connectivity index (χ3n) is 4.51. The normalized spacial score (nSPS) is 19.9. The van der Waals surface area contributed by atoms with Gasteiger partial charge in [-0.05, 0) is 37.1 Å². The summed E-state index contributed by atoms with van der Waals surface area (Å²) in [6, 6.07) is 11.0. The number of nitrogens with zero attached hydrogens (tertiary/aromatic N) is 3. The molecular formula is C19H22N4O2. The fourth-order valence-electron chi connectivity index (χ4n) is 2.91. The summed E-state index contributed by atoms with van der Waals surface area (Å²) in [5, 5.41) is 2.83. The molecule has 25 heavy (non-hydrogen) atoms. The maximum atomic E-state index is 13.0. The molecule has 1 aliphatic heterocycles. The van der Waals surface area contributed by atoms with E-state index >= 15 is 0 Å². The largest absolute Gasteiger partial charge is 0.363 e. The zero-order chi connectivity index (χ0) is 18.2. The number of aryl methyl sites for hydroxylation is 1. The smallest absolute Gasteiger partial charge is 0.325 e. The molecule has 1 aromatic carbocycles. The van der Waals surface area contributed by atoms with Crippen LogP contribution in [-0.2, 0) is 16.9 Å². The van der Waals surface area contributed by atoms with E-state index < -0.39 is 5.54 Å². The topological polar surface area (TPSA) is 65.5 Å². The molecule has 0 bridgehead atoms. The second kappa shape index (κ2) is 6.20. The number of urea groups is 1. The van der Waals surface area contributed by atoms with Gasteiger partial charge in [0.05, 0.1) is 6.54 Å². The summed E-state index contributed by atoms with van der Waals surface area (Å²) in [4.78, 5) is 32.8. The first-order valence-corrected chi connectivity index (χ1v) is 8.15. The molecule has 2 heterocycles. The Morgan fingerprint density at radius 3 is 2.48 bits per heavy atom. The average Bonchev–Trinajstić information content (AvgIpc) is 2.80. The van der Waals surface area contributed by atoms with Gasteiger partial charge in [-0.3, -0.25) is 9.69 Å². The van der Waals surface area contributed by atoms with Crippen molar-refractivity contribution in [3.8, 4) is 0 Å². The molecule has 0 radical (unpaired) electrons. The fraction of sp³-hybridized carbons (Fsp3) is 0.316. The van der Waals surface area contributed by atoms with Crippen LogP contribution in [0, 0.1) is 6.92 Å². The van der Waals surface area contributed by atoms with Crippen LogP contribution in [0.5, 0.6) is 0 Å². The number of carbonyl (C=O) groups excluding carboxylic acids is 2. The first-order chi connectivity index (χ1) is 11.8. The molecular weight excluding hydrogens is 316 g/mol. The van der Waals surface area contributed by atoms with Crippen molar-refractivity contribution in [3.05, 3.63) is 59.3 Å². The van der Waals surface area contributed by atoms with Crippen LogP contribution in [0.2, 0.25) is 0 Å². The summed E-state index contributed by atoms with van der Waals surface area (Å²) in [6.45, 7) is 3.95. The summed E-state index contributed by atoms with van der Waals surface area (Å²) in [7, 11) is 3.79. The van der Waals surface area contributed by atoms with Crippen molar-refractivity contribution in [1.29, 1.82) is 0 Å². The van der Waals surface area contributed by atoms with Crippen LogP contribution in [0.4, 0.5) is 10.6 Å². The van der Waals surface area contributed by atoms with E-state index in [1.807, 2.05) is 62.3 Å². The molecule has 6 nitrogen and oxygen atoms in total. The summed E-state index contributed by atoms with van der Waals surface area (Å²) in [5.41, 5.74) is 1.70. The van der Waals surface area contributed by atoms with Gasteiger partial charge in [-0.25, -0.2) is 9.78 Å². The number of hydrogen-bond donors (Lipinski definition) is 1. The second-order valence-corrected chi connectivity index (χ2v) is 6.73. The van der Waals surface area contributed by atoms with E-state index in [4.69, 9.17) is 0 Å². The number of anilines is 1. The first kappa shape index (κ1) is 17.0. The number of imide groups is 1. The molecule has 1 atom stereocenters. The number of nitrogens with one attached hydrogen (secondary N) is 1. The van der Waals surface area contributed by atoms with Gasteiger partial charge in [-0.15, -0.1) is 0 Å². The monoisotopic (exact) mass is 338 g/mol. The highest BCUT2D eigenvalue weighted by atomic mass is 16.2. The predicted molar refractivity (Wildman–Crippen MR) is 96.2 cm³/mol. The minimum atomic E-state index is -1.04. The van der Waals surface area contributed by atoms with Crippen LogP contribution in [0.1, 0.15) is 23.6 Å². The van der Waals surface area contributed by atoms with E-state index in [0.29, 0.717) is 0 Å². The third kappa shape index (κ3) is 3.07. The van der Waals surface area contributed by atoms with Crippen molar-refractivity contribution in [2.45, 2.75) is 25.9 Å². The lowest BCUT2D eigenvalue weighted by Crippen LogP contribution is -2.40. The molecule has 3 amide bonds. The Kier molecular flexibility index (Phi) is 4.20. The summed E-state index contributed by atoms with van der Waals surface area (Å²) in [5.74, 6) is 0.537. The van der Waals surface area contributed by atoms with Crippen LogP contribution in [-0.4, -0.2) is 35.9 Å². The molecule has 6 heteroatoms. The first-order valence-electron chi connectivity index (χ1n) is 8.15. The summed E-state index contributed by atoms with van der Waals surface area (Å²) < 4.78 is 0. The molecule has 0 unspecified atom stereocenters. The van der Waals surface area contributed by atoms with E-state index in [2.05, 4.69) is 10.3 Å². The SMILES string of the molecule is Cc1ccc([C@]2(C)NC(=O)N(Cc3ccnc(N(C)C)c3)C2=O)cc1. The molecule has 1 saturated heterocycles. The van der Waals surface area contributed by atoms with Crippen molar-refractivity contribution < 1.29 is 9.59 Å². The maximum absolute atomic E-state index is 13.0. The minimum Gasteiger partial charge on any atom is -0.363 e. The number of hydrogen-bond acceptors (Lipinski definition) is 4. The van der Waals surface area contributed by atoms with Crippen molar-refractivity contribution in [2.24, 2.45) is 0 Å². The lowest BCUT2D eigenvalue weighted by atomic mass is 9.91. The zero-order valence-corrected chi connectivity index (χ0v) is 14.9. The highest BCUT2D eigenvalue weighted by Gasteiger charge is 2.48. The number of amides is 3. The Morgan fingerprint density at radius 2 is 1.84 bits per heavy atom. The van der Waals surface area contributed by atoms with Gasteiger partial charge in [0.2, 0.25) is 0 Å². The van der Waals surface area contributed by atoms with Gasteiger partial charge in [-0.1, -0.05) is 29.8 Å². The third-order valence-corrected chi connectivity index (χ3v) is 4.51. The molecule has 0 saturated carbocycles. The van der Waals surface area contributed by atoms with E-state index in [9.17, 15) is 9.59 Å². The van der Waals surface area contributed by atoms with E-state index in [1.165, 1.54) is 4.90 Å². The lowest BCUT2D eigenvalue weighted by molar-refractivity contribution is -0.131. The van der Waals surface area contributed by atoms with Gasteiger partial charge in [0, 0.05) is 20.3 Å². The zero-order valence-electron chi connectivity index (χ0n) is 14.9. The number of aromatic nitrogens is 1.